The van der Waals surface area contributed by atoms with E-state index in [0.29, 0.717) is 36.7 Å². The number of likely N-dealkylation sites (tertiary alicyclic amines) is 1. The maximum absolute atomic E-state index is 13.0. The number of carbonyl (C=O) groups is 2. The first-order valence-corrected chi connectivity index (χ1v) is 10.8. The van der Waals surface area contributed by atoms with E-state index in [9.17, 15) is 14.0 Å². The van der Waals surface area contributed by atoms with Crippen LogP contribution in [0.3, 0.4) is 0 Å². The van der Waals surface area contributed by atoms with Crippen molar-refractivity contribution < 1.29 is 23.6 Å². The zero-order valence-electron chi connectivity index (χ0n) is 17.9. The molecule has 2 heterocycles. The summed E-state index contributed by atoms with van der Waals surface area (Å²) in [5.74, 6) is -0.161. The molecule has 0 saturated carbocycles. The van der Waals surface area contributed by atoms with Crippen molar-refractivity contribution in [2.45, 2.75) is 39.2 Å². The minimum absolute atomic E-state index is 0.267. The Morgan fingerprint density at radius 1 is 1.19 bits per heavy atom. The van der Waals surface area contributed by atoms with E-state index in [1.807, 2.05) is 19.1 Å². The van der Waals surface area contributed by atoms with Crippen molar-refractivity contribution in [1.82, 2.24) is 15.4 Å². The van der Waals surface area contributed by atoms with Crippen molar-refractivity contribution in [3.05, 3.63) is 64.6 Å². The number of carbonyl (C=O) groups excluding carboxylic acids is 1. The molecule has 0 atom stereocenters. The lowest BCUT2D eigenvalue weighted by Crippen LogP contribution is -2.37. The standard InChI is InChI=1S/C24H26FN3O4/c1-15-18(14-26-23(29)17-3-6-19(25)7-4-17)5-8-20-21(27-32-22(15)20)9-2-16-10-12-28(13-11-16)24(30)31/h3-8,16H,2,9-14H2,1H3,(H,26,29)(H,30,31). The summed E-state index contributed by atoms with van der Waals surface area (Å²) < 4.78 is 18.7. The number of benzene rings is 2. The van der Waals surface area contributed by atoms with Crippen LogP contribution in [0.5, 0.6) is 0 Å². The molecule has 0 unspecified atom stereocenters. The number of aromatic nitrogens is 1. The molecular formula is C24H26FN3O4. The number of halogens is 1. The first-order valence-electron chi connectivity index (χ1n) is 10.8. The molecule has 8 heteroatoms. The fraction of sp³-hybridized carbons (Fsp3) is 0.375. The first-order chi connectivity index (χ1) is 15.4. The van der Waals surface area contributed by atoms with E-state index in [0.717, 1.165) is 47.9 Å². The summed E-state index contributed by atoms with van der Waals surface area (Å²) in [5, 5.41) is 17.2. The van der Waals surface area contributed by atoms with E-state index in [4.69, 9.17) is 9.63 Å². The van der Waals surface area contributed by atoms with Crippen molar-refractivity contribution >= 4 is 23.0 Å². The van der Waals surface area contributed by atoms with Crippen LogP contribution in [0.15, 0.2) is 40.9 Å². The van der Waals surface area contributed by atoms with Gasteiger partial charge in [-0.25, -0.2) is 9.18 Å². The summed E-state index contributed by atoms with van der Waals surface area (Å²) in [6.07, 6.45) is 2.64. The molecule has 0 radical (unpaired) electrons. The maximum atomic E-state index is 13.0. The highest BCUT2D eigenvalue weighted by molar-refractivity contribution is 5.94. The minimum atomic E-state index is -0.842. The Morgan fingerprint density at radius 3 is 2.59 bits per heavy atom. The van der Waals surface area contributed by atoms with Gasteiger partial charge < -0.3 is 19.8 Å². The van der Waals surface area contributed by atoms with Crippen LogP contribution < -0.4 is 5.32 Å². The van der Waals surface area contributed by atoms with Gasteiger partial charge in [0.2, 0.25) is 0 Å². The Bertz CT molecular complexity index is 1120. The molecular weight excluding hydrogens is 413 g/mol. The molecule has 2 N–H and O–H groups in total. The maximum Gasteiger partial charge on any atom is 0.407 e. The van der Waals surface area contributed by atoms with Crippen LogP contribution in [-0.2, 0) is 13.0 Å². The van der Waals surface area contributed by atoms with Gasteiger partial charge in [0.05, 0.1) is 5.69 Å². The Balaban J connectivity index is 1.37. The summed E-state index contributed by atoms with van der Waals surface area (Å²) in [4.78, 5) is 24.8. The number of amides is 2. The second kappa shape index (κ2) is 9.38. The average molecular weight is 439 g/mol. The van der Waals surface area contributed by atoms with Crippen LogP contribution in [-0.4, -0.2) is 40.3 Å². The monoisotopic (exact) mass is 439 g/mol. The predicted molar refractivity (Wildman–Crippen MR) is 117 cm³/mol. The van der Waals surface area contributed by atoms with Gasteiger partial charge in [0, 0.05) is 36.1 Å². The number of nitrogens with zero attached hydrogens (tertiary/aromatic N) is 2. The van der Waals surface area contributed by atoms with E-state index in [-0.39, 0.29) is 11.7 Å². The van der Waals surface area contributed by atoms with Crippen molar-refractivity contribution in [3.8, 4) is 0 Å². The van der Waals surface area contributed by atoms with Gasteiger partial charge in [-0.05, 0) is 74.4 Å². The third-order valence-corrected chi connectivity index (χ3v) is 6.30. The van der Waals surface area contributed by atoms with E-state index in [1.165, 1.54) is 29.2 Å². The van der Waals surface area contributed by atoms with E-state index < -0.39 is 6.09 Å². The van der Waals surface area contributed by atoms with Crippen molar-refractivity contribution in [3.63, 3.8) is 0 Å². The lowest BCUT2D eigenvalue weighted by molar-refractivity contribution is 0.0950. The Kier molecular flexibility index (Phi) is 6.39. The molecule has 2 amide bonds. The van der Waals surface area contributed by atoms with Gasteiger partial charge in [-0.1, -0.05) is 11.2 Å². The van der Waals surface area contributed by atoms with Gasteiger partial charge in [0.15, 0.2) is 5.58 Å². The number of fused-ring (bicyclic) bond motifs is 1. The predicted octanol–water partition coefficient (Wildman–Crippen LogP) is 4.53. The SMILES string of the molecule is Cc1c(CNC(=O)c2ccc(F)cc2)ccc2c(CCC3CCN(C(=O)O)CC3)noc12. The normalized spacial score (nSPS) is 14.6. The largest absolute Gasteiger partial charge is 0.465 e. The van der Waals surface area contributed by atoms with Gasteiger partial charge in [0.1, 0.15) is 5.82 Å². The van der Waals surface area contributed by atoms with Gasteiger partial charge in [-0.3, -0.25) is 4.79 Å². The second-order valence-corrected chi connectivity index (χ2v) is 8.30. The Labute approximate surface area is 185 Å². The van der Waals surface area contributed by atoms with Gasteiger partial charge >= 0.3 is 6.09 Å². The van der Waals surface area contributed by atoms with Crippen LogP contribution >= 0.6 is 0 Å². The zero-order chi connectivity index (χ0) is 22.7. The minimum Gasteiger partial charge on any atom is -0.465 e. The molecule has 7 nitrogen and oxygen atoms in total. The van der Waals surface area contributed by atoms with Crippen LogP contribution in [0.25, 0.3) is 11.0 Å². The molecule has 32 heavy (non-hydrogen) atoms. The van der Waals surface area contributed by atoms with Crippen LogP contribution in [0.2, 0.25) is 0 Å². The Hall–Kier alpha value is -3.42. The summed E-state index contributed by atoms with van der Waals surface area (Å²) in [6.45, 7) is 3.45. The van der Waals surface area contributed by atoms with Crippen molar-refractivity contribution in [2.75, 3.05) is 13.1 Å². The molecule has 3 aromatic rings. The van der Waals surface area contributed by atoms with Crippen LogP contribution in [0, 0.1) is 18.7 Å². The quantitative estimate of drug-likeness (QED) is 0.588. The number of carboxylic acid groups (broad SMARTS) is 1. The summed E-state index contributed by atoms with van der Waals surface area (Å²) >= 11 is 0. The molecule has 0 bridgehead atoms. The van der Waals surface area contributed by atoms with E-state index >= 15 is 0 Å². The fourth-order valence-electron chi connectivity index (χ4n) is 4.23. The molecule has 1 saturated heterocycles. The molecule has 1 aliphatic rings. The number of rotatable bonds is 6. The highest BCUT2D eigenvalue weighted by Gasteiger charge is 2.23. The van der Waals surface area contributed by atoms with Gasteiger partial charge in [0.25, 0.3) is 5.91 Å². The molecule has 1 aromatic heterocycles. The first kappa shape index (κ1) is 21.8. The fourth-order valence-corrected chi connectivity index (χ4v) is 4.23. The smallest absolute Gasteiger partial charge is 0.407 e. The highest BCUT2D eigenvalue weighted by atomic mass is 19.1. The highest BCUT2D eigenvalue weighted by Crippen LogP contribution is 2.28. The van der Waals surface area contributed by atoms with Crippen molar-refractivity contribution in [2.24, 2.45) is 5.92 Å². The topological polar surface area (TPSA) is 95.7 Å². The molecule has 0 spiro atoms. The van der Waals surface area contributed by atoms with Crippen molar-refractivity contribution in [1.29, 1.82) is 0 Å². The lowest BCUT2D eigenvalue weighted by Gasteiger charge is -2.29. The summed E-state index contributed by atoms with van der Waals surface area (Å²) in [6, 6.07) is 9.37. The summed E-state index contributed by atoms with van der Waals surface area (Å²) in [7, 11) is 0. The van der Waals surface area contributed by atoms with E-state index in [2.05, 4.69) is 10.5 Å². The van der Waals surface area contributed by atoms with Gasteiger partial charge in [-0.2, -0.15) is 0 Å². The number of hydrogen-bond donors (Lipinski definition) is 2. The van der Waals surface area contributed by atoms with Crippen LogP contribution in [0.1, 0.15) is 46.4 Å². The molecule has 168 valence electrons. The number of hydrogen-bond acceptors (Lipinski definition) is 4. The summed E-state index contributed by atoms with van der Waals surface area (Å²) in [5.41, 5.74) is 3.88. The van der Waals surface area contributed by atoms with Gasteiger partial charge in [-0.15, -0.1) is 0 Å². The molecule has 1 aliphatic heterocycles. The molecule has 2 aromatic carbocycles. The Morgan fingerprint density at radius 2 is 1.91 bits per heavy atom. The second-order valence-electron chi connectivity index (χ2n) is 8.30. The molecule has 0 aliphatic carbocycles. The third-order valence-electron chi connectivity index (χ3n) is 6.30. The number of nitrogens with one attached hydrogen (secondary N) is 1. The molecule has 1 fully saturated rings. The van der Waals surface area contributed by atoms with Crippen LogP contribution in [0.4, 0.5) is 9.18 Å². The number of piperidine rings is 1. The van der Waals surface area contributed by atoms with E-state index in [1.54, 1.807) is 0 Å². The molecule has 4 rings (SSSR count). The zero-order valence-corrected chi connectivity index (χ0v) is 17.9. The number of aryl methyl sites for hydroxylation is 2. The average Bonchev–Trinajstić information content (AvgIpc) is 3.21. The lowest BCUT2D eigenvalue weighted by atomic mass is 9.91. The third kappa shape index (κ3) is 4.74.